The van der Waals surface area contributed by atoms with Crippen LogP contribution in [0, 0.1) is 0 Å². The number of rotatable bonds is 9. The molecular formula is C13H21NO6. The van der Waals surface area contributed by atoms with Gasteiger partial charge in [0.15, 0.2) is 0 Å². The van der Waals surface area contributed by atoms with E-state index in [1.165, 1.54) is 18.7 Å². The van der Waals surface area contributed by atoms with Crippen molar-refractivity contribution >= 4 is 11.9 Å². The number of carbonyl (C=O) groups is 2. The molecule has 114 valence electrons. The lowest BCUT2D eigenvalue weighted by molar-refractivity contribution is -0.157. The number of nitrogens with zero attached hydrogens (tertiary/aromatic N) is 1. The van der Waals surface area contributed by atoms with Gasteiger partial charge in [-0.15, -0.1) is 0 Å². The number of esters is 2. The molecule has 0 aromatic heterocycles. The lowest BCUT2D eigenvalue weighted by Gasteiger charge is -2.27. The summed E-state index contributed by atoms with van der Waals surface area (Å²) in [4.78, 5) is 23.9. The van der Waals surface area contributed by atoms with Crippen LogP contribution in [-0.4, -0.2) is 59.8 Å². The van der Waals surface area contributed by atoms with Gasteiger partial charge in [-0.25, -0.2) is 14.5 Å². The van der Waals surface area contributed by atoms with E-state index in [-0.39, 0.29) is 37.8 Å². The molecule has 7 heteroatoms. The molecule has 0 aliphatic heterocycles. The predicted molar refractivity (Wildman–Crippen MR) is 71.3 cm³/mol. The molecule has 0 bridgehead atoms. The first-order valence-corrected chi connectivity index (χ1v) is 5.94. The normalized spacial score (nSPS) is 10.5. The van der Waals surface area contributed by atoms with Crippen LogP contribution in [-0.2, 0) is 19.1 Å². The zero-order valence-corrected chi connectivity index (χ0v) is 11.8. The Labute approximate surface area is 118 Å². The number of hydrogen-bond acceptors (Lipinski definition) is 7. The highest BCUT2D eigenvalue weighted by Crippen LogP contribution is 2.03. The molecule has 7 nitrogen and oxygen atoms in total. The summed E-state index contributed by atoms with van der Waals surface area (Å²) in [5.74, 6) is -1.23. The van der Waals surface area contributed by atoms with Gasteiger partial charge in [0, 0.05) is 11.1 Å². The van der Waals surface area contributed by atoms with E-state index in [1.54, 1.807) is 0 Å². The molecule has 0 aliphatic carbocycles. The van der Waals surface area contributed by atoms with Crippen LogP contribution in [0.25, 0.3) is 0 Å². The van der Waals surface area contributed by atoms with E-state index in [0.29, 0.717) is 0 Å². The van der Waals surface area contributed by atoms with Crippen LogP contribution in [0.15, 0.2) is 24.3 Å². The predicted octanol–water partition coefficient (Wildman–Crippen LogP) is -0.205. The minimum Gasteiger partial charge on any atom is -0.446 e. The quantitative estimate of drug-likeness (QED) is 0.344. The van der Waals surface area contributed by atoms with Crippen molar-refractivity contribution in [3.8, 4) is 0 Å². The molecule has 0 saturated carbocycles. The topological polar surface area (TPSA) is 96.3 Å². The summed E-state index contributed by atoms with van der Waals surface area (Å²) in [5, 5.41) is 18.3. The van der Waals surface area contributed by atoms with E-state index in [2.05, 4.69) is 13.2 Å². The summed E-state index contributed by atoms with van der Waals surface area (Å²) in [7, 11) is 0. The van der Waals surface area contributed by atoms with Crippen LogP contribution in [0.4, 0.5) is 0 Å². The third-order valence-electron chi connectivity index (χ3n) is 2.36. The summed E-state index contributed by atoms with van der Waals surface area (Å²) < 4.78 is 9.79. The Morgan fingerprint density at radius 2 is 1.35 bits per heavy atom. The molecule has 20 heavy (non-hydrogen) atoms. The second-order valence-corrected chi connectivity index (χ2v) is 4.29. The van der Waals surface area contributed by atoms with Gasteiger partial charge in [-0.1, -0.05) is 13.2 Å². The lowest BCUT2D eigenvalue weighted by Crippen LogP contribution is -2.44. The van der Waals surface area contributed by atoms with E-state index < -0.39 is 18.0 Å². The van der Waals surface area contributed by atoms with E-state index in [9.17, 15) is 9.59 Å². The largest absolute Gasteiger partial charge is 0.446 e. The highest BCUT2D eigenvalue weighted by Gasteiger charge is 2.20. The highest BCUT2D eigenvalue weighted by molar-refractivity contribution is 5.87. The second-order valence-electron chi connectivity index (χ2n) is 4.29. The fourth-order valence-corrected chi connectivity index (χ4v) is 1.07. The first-order chi connectivity index (χ1) is 9.33. The third-order valence-corrected chi connectivity index (χ3v) is 2.36. The molecule has 0 amide bonds. The Kier molecular flexibility index (Phi) is 8.46. The van der Waals surface area contributed by atoms with Crippen LogP contribution >= 0.6 is 0 Å². The number of hydrogen-bond donors (Lipinski definition) is 2. The van der Waals surface area contributed by atoms with Crippen LogP contribution in [0.5, 0.6) is 0 Å². The van der Waals surface area contributed by atoms with Crippen molar-refractivity contribution in [1.29, 1.82) is 0 Å². The summed E-state index contributed by atoms with van der Waals surface area (Å²) >= 11 is 0. The Balaban J connectivity index is 4.56. The molecule has 0 radical (unpaired) electrons. The van der Waals surface area contributed by atoms with Gasteiger partial charge in [-0.3, -0.25) is 0 Å². The van der Waals surface area contributed by atoms with Gasteiger partial charge in [-0.2, -0.15) is 0 Å². The average molecular weight is 287 g/mol. The van der Waals surface area contributed by atoms with E-state index in [4.69, 9.17) is 19.7 Å². The van der Waals surface area contributed by atoms with Crippen molar-refractivity contribution in [2.45, 2.75) is 19.9 Å². The molecule has 0 saturated heterocycles. The van der Waals surface area contributed by atoms with Crippen LogP contribution in [0.2, 0.25) is 0 Å². The van der Waals surface area contributed by atoms with Crippen LogP contribution < -0.4 is 0 Å². The molecule has 0 atom stereocenters. The van der Waals surface area contributed by atoms with Crippen molar-refractivity contribution in [1.82, 2.24) is 4.90 Å². The van der Waals surface area contributed by atoms with Gasteiger partial charge in [0.2, 0.25) is 0 Å². The molecule has 2 N–H and O–H groups in total. The molecule has 0 fully saturated rings. The number of carbonyl (C=O) groups excluding carboxylic acids is 2. The van der Waals surface area contributed by atoms with Gasteiger partial charge in [0.25, 0.3) is 0 Å². The Bertz CT molecular complexity index is 345. The smallest absolute Gasteiger partial charge is 0.334 e. The van der Waals surface area contributed by atoms with Gasteiger partial charge in [0.1, 0.15) is 13.5 Å². The SMILES string of the molecule is C=C(C)C(=O)OCN(COC(=O)C(=C)C)C(CO)CO. The molecule has 0 rings (SSSR count). The Hall–Kier alpha value is -1.70. The van der Waals surface area contributed by atoms with E-state index in [0.717, 1.165) is 0 Å². The van der Waals surface area contributed by atoms with Crippen LogP contribution in [0.1, 0.15) is 13.8 Å². The molecule has 0 heterocycles. The number of aliphatic hydroxyl groups excluding tert-OH is 2. The maximum absolute atomic E-state index is 11.3. The first-order valence-electron chi connectivity index (χ1n) is 5.94. The maximum atomic E-state index is 11.3. The summed E-state index contributed by atoms with van der Waals surface area (Å²) in [6.45, 7) is 8.57. The summed E-state index contributed by atoms with van der Waals surface area (Å²) in [6.07, 6.45) is 0. The molecular weight excluding hydrogens is 266 g/mol. The van der Waals surface area contributed by atoms with Gasteiger partial charge in [0.05, 0.1) is 19.3 Å². The fourth-order valence-electron chi connectivity index (χ4n) is 1.07. The monoisotopic (exact) mass is 287 g/mol. The van der Waals surface area contributed by atoms with Gasteiger partial charge >= 0.3 is 11.9 Å². The molecule has 0 aromatic rings. The minimum absolute atomic E-state index is 0.216. The fraction of sp³-hybridized carbons (Fsp3) is 0.538. The Morgan fingerprint density at radius 1 is 1.00 bits per heavy atom. The number of ether oxygens (including phenoxy) is 2. The number of aliphatic hydroxyl groups is 2. The van der Waals surface area contributed by atoms with E-state index >= 15 is 0 Å². The molecule has 0 unspecified atom stereocenters. The molecule has 0 aliphatic rings. The molecule has 0 aromatic carbocycles. The second kappa shape index (κ2) is 9.24. The summed E-state index contributed by atoms with van der Waals surface area (Å²) in [5.41, 5.74) is 0.432. The van der Waals surface area contributed by atoms with E-state index in [1.807, 2.05) is 0 Å². The average Bonchev–Trinajstić information content (AvgIpc) is 2.40. The lowest BCUT2D eigenvalue weighted by atomic mass is 10.3. The van der Waals surface area contributed by atoms with Crippen LogP contribution in [0.3, 0.4) is 0 Å². The zero-order valence-electron chi connectivity index (χ0n) is 11.8. The van der Waals surface area contributed by atoms with Gasteiger partial charge < -0.3 is 19.7 Å². The van der Waals surface area contributed by atoms with Crippen molar-refractivity contribution in [2.24, 2.45) is 0 Å². The zero-order chi connectivity index (χ0) is 15.7. The van der Waals surface area contributed by atoms with Crippen molar-refractivity contribution in [3.05, 3.63) is 24.3 Å². The maximum Gasteiger partial charge on any atom is 0.334 e. The Morgan fingerprint density at radius 3 is 1.60 bits per heavy atom. The van der Waals surface area contributed by atoms with Crippen molar-refractivity contribution in [2.75, 3.05) is 26.7 Å². The molecule has 0 spiro atoms. The van der Waals surface area contributed by atoms with Crippen molar-refractivity contribution in [3.63, 3.8) is 0 Å². The first kappa shape index (κ1) is 18.3. The van der Waals surface area contributed by atoms with Crippen molar-refractivity contribution < 1.29 is 29.3 Å². The highest BCUT2D eigenvalue weighted by atomic mass is 16.6. The van der Waals surface area contributed by atoms with Gasteiger partial charge in [-0.05, 0) is 13.8 Å². The third kappa shape index (κ3) is 6.46. The standard InChI is InChI=1S/C13H21NO6/c1-9(2)12(17)19-7-14(11(5-15)6-16)8-20-13(18)10(3)4/h11,15-16H,1,3,5-8H2,2,4H3. The summed E-state index contributed by atoms with van der Waals surface area (Å²) in [6, 6.07) is -0.717. The minimum atomic E-state index is -0.717.